The Balaban J connectivity index is 2.00. The maximum Gasteiger partial charge on any atom is 0.236 e. The van der Waals surface area contributed by atoms with Gasteiger partial charge in [0.1, 0.15) is 5.75 Å². The number of rotatable bonds is 5. The first-order valence-corrected chi connectivity index (χ1v) is 8.77. The highest BCUT2D eigenvalue weighted by Gasteiger charge is 2.31. The molecule has 0 saturated carbocycles. The molecule has 3 unspecified atom stereocenters. The molecule has 1 aromatic carbocycles. The van der Waals surface area contributed by atoms with Crippen LogP contribution in [0.5, 0.6) is 5.75 Å². The van der Waals surface area contributed by atoms with Gasteiger partial charge in [-0.3, -0.25) is 4.79 Å². The molecule has 1 aromatic rings. The minimum Gasteiger partial charge on any atom is -0.497 e. The molecule has 1 amide bonds. The van der Waals surface area contributed by atoms with Crippen molar-refractivity contribution in [1.82, 2.24) is 4.90 Å². The van der Waals surface area contributed by atoms with E-state index in [0.29, 0.717) is 0 Å². The zero-order valence-electron chi connectivity index (χ0n) is 13.6. The Kier molecular flexibility index (Phi) is 6.15. The summed E-state index contributed by atoms with van der Waals surface area (Å²) in [6.07, 6.45) is 3.26. The predicted molar refractivity (Wildman–Crippen MR) is 91.3 cm³/mol. The molecule has 0 bridgehead atoms. The van der Waals surface area contributed by atoms with Gasteiger partial charge in [0, 0.05) is 23.5 Å². The van der Waals surface area contributed by atoms with Crippen LogP contribution in [0.1, 0.15) is 33.1 Å². The second-order valence-corrected chi connectivity index (χ2v) is 7.30. The number of amides is 1. The van der Waals surface area contributed by atoms with Crippen LogP contribution >= 0.6 is 11.8 Å². The van der Waals surface area contributed by atoms with Gasteiger partial charge < -0.3 is 15.4 Å². The van der Waals surface area contributed by atoms with E-state index < -0.39 is 0 Å². The average Bonchev–Trinajstić information content (AvgIpc) is 2.54. The lowest BCUT2D eigenvalue weighted by atomic mass is 9.96. The first-order chi connectivity index (χ1) is 10.5. The van der Waals surface area contributed by atoms with Gasteiger partial charge >= 0.3 is 0 Å². The molecule has 3 atom stereocenters. The molecular weight excluding hydrogens is 296 g/mol. The van der Waals surface area contributed by atoms with Crippen LogP contribution in [-0.4, -0.2) is 41.8 Å². The van der Waals surface area contributed by atoms with E-state index in [9.17, 15) is 4.79 Å². The van der Waals surface area contributed by atoms with Crippen molar-refractivity contribution in [2.45, 2.75) is 55.3 Å². The number of nitrogens with two attached hydrogens (primary N) is 1. The first-order valence-electron chi connectivity index (χ1n) is 7.89. The summed E-state index contributed by atoms with van der Waals surface area (Å²) in [5.41, 5.74) is 6.07. The number of methoxy groups -OCH3 is 1. The Hall–Kier alpha value is -1.20. The fraction of sp³-hybridized carbons (Fsp3) is 0.588. The number of carbonyl (C=O) groups is 1. The quantitative estimate of drug-likeness (QED) is 0.847. The van der Waals surface area contributed by atoms with Crippen molar-refractivity contribution < 1.29 is 9.53 Å². The summed E-state index contributed by atoms with van der Waals surface area (Å²) in [4.78, 5) is 15.8. The second kappa shape index (κ2) is 7.88. The summed E-state index contributed by atoms with van der Waals surface area (Å²) in [5, 5.41) is -0.104. The van der Waals surface area contributed by atoms with Crippen molar-refractivity contribution >= 4 is 17.7 Å². The Morgan fingerprint density at radius 2 is 2.00 bits per heavy atom. The lowest BCUT2D eigenvalue weighted by Crippen LogP contribution is -2.53. The number of likely N-dealkylation sites (tertiary alicyclic amines) is 1. The van der Waals surface area contributed by atoms with Crippen LogP contribution in [0.15, 0.2) is 29.2 Å². The van der Waals surface area contributed by atoms with Crippen LogP contribution in [0, 0.1) is 0 Å². The molecule has 1 fully saturated rings. The number of hydrogen-bond acceptors (Lipinski definition) is 4. The SMILES string of the molecule is COc1ccc(SC(C)C(=O)N2CCCCC2C(C)N)cc1. The summed E-state index contributed by atoms with van der Waals surface area (Å²) in [6, 6.07) is 8.04. The van der Waals surface area contributed by atoms with Crippen molar-refractivity contribution in [2.75, 3.05) is 13.7 Å². The molecule has 2 N–H and O–H groups in total. The zero-order valence-corrected chi connectivity index (χ0v) is 14.4. The third-order valence-corrected chi connectivity index (χ3v) is 5.26. The molecule has 1 heterocycles. The lowest BCUT2D eigenvalue weighted by molar-refractivity contribution is -0.134. The van der Waals surface area contributed by atoms with E-state index in [1.54, 1.807) is 18.9 Å². The van der Waals surface area contributed by atoms with Crippen LogP contribution in [0.25, 0.3) is 0 Å². The van der Waals surface area contributed by atoms with E-state index in [1.807, 2.05) is 43.0 Å². The third-order valence-electron chi connectivity index (χ3n) is 4.16. The molecule has 0 radical (unpaired) electrons. The number of thioether (sulfide) groups is 1. The van der Waals surface area contributed by atoms with Crippen molar-refractivity contribution in [1.29, 1.82) is 0 Å². The second-order valence-electron chi connectivity index (χ2n) is 5.89. The molecule has 1 aliphatic rings. The maximum atomic E-state index is 12.8. The Labute approximate surface area is 137 Å². The van der Waals surface area contributed by atoms with Gasteiger partial charge in [0.2, 0.25) is 5.91 Å². The highest BCUT2D eigenvalue weighted by atomic mass is 32.2. The van der Waals surface area contributed by atoms with E-state index in [-0.39, 0.29) is 23.2 Å². The van der Waals surface area contributed by atoms with Crippen LogP contribution < -0.4 is 10.5 Å². The maximum absolute atomic E-state index is 12.8. The highest BCUT2D eigenvalue weighted by molar-refractivity contribution is 8.00. The number of ether oxygens (including phenoxy) is 1. The summed E-state index contributed by atoms with van der Waals surface area (Å²) in [6.45, 7) is 4.81. The molecule has 1 saturated heterocycles. The van der Waals surface area contributed by atoms with Gasteiger partial charge in [0.15, 0.2) is 0 Å². The standard InChI is InChI=1S/C17H26N2O2S/c1-12(18)16-6-4-5-11-19(16)17(20)13(2)22-15-9-7-14(21-3)8-10-15/h7-10,12-13,16H,4-6,11,18H2,1-3H3. The Morgan fingerprint density at radius 1 is 1.32 bits per heavy atom. The van der Waals surface area contributed by atoms with Crippen LogP contribution in [-0.2, 0) is 4.79 Å². The Bertz CT molecular complexity index is 490. The first kappa shape index (κ1) is 17.2. The monoisotopic (exact) mass is 322 g/mol. The van der Waals surface area contributed by atoms with E-state index in [1.165, 1.54) is 0 Å². The van der Waals surface area contributed by atoms with Crippen molar-refractivity contribution in [3.05, 3.63) is 24.3 Å². The van der Waals surface area contributed by atoms with Gasteiger partial charge in [-0.25, -0.2) is 0 Å². The molecule has 0 spiro atoms. The number of hydrogen-bond donors (Lipinski definition) is 1. The molecule has 1 aliphatic heterocycles. The van der Waals surface area contributed by atoms with Gasteiger partial charge in [0.05, 0.1) is 12.4 Å². The smallest absolute Gasteiger partial charge is 0.236 e. The summed E-state index contributed by atoms with van der Waals surface area (Å²) < 4.78 is 5.16. The topological polar surface area (TPSA) is 55.6 Å². The fourth-order valence-corrected chi connectivity index (χ4v) is 3.86. The van der Waals surface area contributed by atoms with Gasteiger partial charge in [-0.15, -0.1) is 11.8 Å². The number of carbonyl (C=O) groups excluding carboxylic acids is 1. The third kappa shape index (κ3) is 4.17. The van der Waals surface area contributed by atoms with E-state index in [0.717, 1.165) is 36.5 Å². The lowest BCUT2D eigenvalue weighted by Gasteiger charge is -2.39. The summed E-state index contributed by atoms with van der Waals surface area (Å²) >= 11 is 1.59. The largest absolute Gasteiger partial charge is 0.497 e. The van der Waals surface area contributed by atoms with Crippen molar-refractivity contribution in [3.8, 4) is 5.75 Å². The fourth-order valence-electron chi connectivity index (χ4n) is 2.92. The van der Waals surface area contributed by atoms with Crippen LogP contribution in [0.2, 0.25) is 0 Å². The minimum atomic E-state index is -0.104. The van der Waals surface area contributed by atoms with Crippen LogP contribution in [0.4, 0.5) is 0 Å². The minimum absolute atomic E-state index is 0.0300. The normalized spacial score (nSPS) is 21.3. The average molecular weight is 322 g/mol. The van der Waals surface area contributed by atoms with E-state index >= 15 is 0 Å². The number of nitrogens with zero attached hydrogens (tertiary/aromatic N) is 1. The van der Waals surface area contributed by atoms with E-state index in [2.05, 4.69) is 0 Å². The molecule has 122 valence electrons. The zero-order chi connectivity index (χ0) is 16.1. The van der Waals surface area contributed by atoms with Gasteiger partial charge in [0.25, 0.3) is 0 Å². The van der Waals surface area contributed by atoms with Gasteiger partial charge in [-0.2, -0.15) is 0 Å². The molecule has 22 heavy (non-hydrogen) atoms. The van der Waals surface area contributed by atoms with Crippen molar-refractivity contribution in [2.24, 2.45) is 5.73 Å². The van der Waals surface area contributed by atoms with Gasteiger partial charge in [-0.1, -0.05) is 0 Å². The summed E-state index contributed by atoms with van der Waals surface area (Å²) in [7, 11) is 1.65. The highest BCUT2D eigenvalue weighted by Crippen LogP contribution is 2.28. The number of benzene rings is 1. The van der Waals surface area contributed by atoms with Crippen molar-refractivity contribution in [3.63, 3.8) is 0 Å². The van der Waals surface area contributed by atoms with Gasteiger partial charge in [-0.05, 0) is 57.4 Å². The summed E-state index contributed by atoms with van der Waals surface area (Å²) in [5.74, 6) is 1.03. The molecule has 0 aliphatic carbocycles. The molecule has 5 heteroatoms. The number of piperidine rings is 1. The molecular formula is C17H26N2O2S. The molecule has 0 aromatic heterocycles. The predicted octanol–water partition coefficient (Wildman–Crippen LogP) is 2.90. The molecule has 2 rings (SSSR count). The van der Waals surface area contributed by atoms with E-state index in [4.69, 9.17) is 10.5 Å². The Morgan fingerprint density at radius 3 is 2.59 bits per heavy atom. The van der Waals surface area contributed by atoms with Crippen LogP contribution in [0.3, 0.4) is 0 Å². The molecule has 4 nitrogen and oxygen atoms in total.